The van der Waals surface area contributed by atoms with Gasteiger partial charge in [0.25, 0.3) is 0 Å². The lowest BCUT2D eigenvalue weighted by Gasteiger charge is -2.03. The van der Waals surface area contributed by atoms with E-state index in [4.69, 9.17) is 0 Å². The fourth-order valence-electron chi connectivity index (χ4n) is 6.22. The summed E-state index contributed by atoms with van der Waals surface area (Å²) in [6.07, 6.45) is 22.1. The van der Waals surface area contributed by atoms with Gasteiger partial charge < -0.3 is 0 Å². The summed E-state index contributed by atoms with van der Waals surface area (Å²) >= 11 is 0. The van der Waals surface area contributed by atoms with Crippen molar-refractivity contribution >= 4 is 0 Å². The van der Waals surface area contributed by atoms with Crippen molar-refractivity contribution in [2.75, 3.05) is 0 Å². The molecule has 19 heteroatoms. The van der Waals surface area contributed by atoms with Gasteiger partial charge in [0.2, 0.25) is 5.95 Å². The van der Waals surface area contributed by atoms with Crippen LogP contribution in [0.5, 0.6) is 0 Å². The van der Waals surface area contributed by atoms with Crippen LogP contribution in [0.25, 0.3) is 0 Å². The Hall–Kier alpha value is -8.35. The number of rotatable bonds is 9. The molecule has 9 rings (SSSR count). The molecule has 462 valence electrons. The van der Waals surface area contributed by atoms with Crippen molar-refractivity contribution in [3.8, 4) is 0 Å². The highest BCUT2D eigenvalue weighted by Crippen LogP contribution is 2.17. The Kier molecular flexibility index (Phi) is 38.1. The van der Waals surface area contributed by atoms with Crippen LogP contribution in [-0.4, -0.2) is 70.0 Å². The minimum Gasteiger partial charge on any atom is -0.261 e. The molecule has 0 atom stereocenters. The van der Waals surface area contributed by atoms with Crippen LogP contribution in [0.3, 0.4) is 0 Å². The highest BCUT2D eigenvalue weighted by molar-refractivity contribution is 5.13. The lowest BCUT2D eigenvalue weighted by molar-refractivity contribution is 0.548. The molecule has 9 aromatic rings. The van der Waals surface area contributed by atoms with E-state index in [0.717, 1.165) is 58.4 Å². The van der Waals surface area contributed by atoms with E-state index < -0.39 is 17.6 Å². The molecule has 0 aliphatic carbocycles. The van der Waals surface area contributed by atoms with Crippen LogP contribution in [0.4, 0.5) is 22.0 Å². The Labute approximate surface area is 508 Å². The number of halogens is 5. The average Bonchev–Trinajstić information content (AvgIpc) is 3.71. The second-order valence-electron chi connectivity index (χ2n) is 21.7. The van der Waals surface area contributed by atoms with Crippen molar-refractivity contribution < 1.29 is 22.0 Å². The normalized spacial score (nSPS) is 10.3. The van der Waals surface area contributed by atoms with Gasteiger partial charge in [-0.15, -0.1) is 0 Å². The van der Waals surface area contributed by atoms with E-state index in [1.54, 1.807) is 68.0 Å². The van der Waals surface area contributed by atoms with E-state index in [0.29, 0.717) is 52.8 Å². The van der Waals surface area contributed by atoms with Crippen molar-refractivity contribution in [1.29, 1.82) is 0 Å². The Balaban J connectivity index is 0.000000484. The monoisotopic (exact) mass is 1180 g/mol. The van der Waals surface area contributed by atoms with Gasteiger partial charge in [0.05, 0.1) is 53.3 Å². The predicted octanol–water partition coefficient (Wildman–Crippen LogP) is 17.5. The Morgan fingerprint density at radius 3 is 1.17 bits per heavy atom. The molecule has 9 aromatic heterocycles. The molecule has 0 amide bonds. The number of pyridine rings is 4. The van der Waals surface area contributed by atoms with Gasteiger partial charge in [0.15, 0.2) is 0 Å². The van der Waals surface area contributed by atoms with Crippen LogP contribution < -0.4 is 0 Å². The maximum absolute atomic E-state index is 12.8. The van der Waals surface area contributed by atoms with Crippen molar-refractivity contribution in [3.63, 3.8) is 0 Å². The highest BCUT2D eigenvalue weighted by atomic mass is 19.1. The summed E-state index contributed by atoms with van der Waals surface area (Å²) < 4.78 is 62.3. The van der Waals surface area contributed by atoms with E-state index in [9.17, 15) is 22.0 Å². The molecule has 0 bridgehead atoms. The van der Waals surface area contributed by atoms with Gasteiger partial charge in [-0.05, 0) is 108 Å². The molecule has 14 nitrogen and oxygen atoms in total. The topological polar surface area (TPSA) is 180 Å². The third-order valence-corrected chi connectivity index (χ3v) is 11.2. The SMILES string of the molecule is CC(C)c1ccc(F)cn1.CC(C)c1ccccn1.CC(C)c1cccnn1.CC(C)c1ccncn1.CC(C)c1cnc(F)cn1.CC(C)c1cnccn1.CC(C)c1ncc(F)cc1F.CC(C)c1ncccc1F.CC(C)c1ncccn1. The zero-order chi connectivity index (χ0) is 64.6. The van der Waals surface area contributed by atoms with Crippen LogP contribution in [0, 0.1) is 29.2 Å². The molecule has 0 N–H and O–H groups in total. The average molecular weight is 1190 g/mol. The molecule has 0 aromatic carbocycles. The van der Waals surface area contributed by atoms with E-state index in [1.165, 1.54) is 24.5 Å². The van der Waals surface area contributed by atoms with Crippen molar-refractivity contribution in [3.05, 3.63) is 240 Å². The number of aromatic nitrogens is 14. The van der Waals surface area contributed by atoms with Gasteiger partial charge in [-0.25, -0.2) is 42.5 Å². The zero-order valence-electron chi connectivity index (χ0n) is 53.4. The van der Waals surface area contributed by atoms with Crippen molar-refractivity contribution in [2.24, 2.45) is 0 Å². The van der Waals surface area contributed by atoms with Crippen LogP contribution in [-0.2, 0) is 0 Å². The van der Waals surface area contributed by atoms with Gasteiger partial charge in [0.1, 0.15) is 35.4 Å². The fraction of sp³-hybridized carbons (Fsp3) is 0.403. The summed E-state index contributed by atoms with van der Waals surface area (Å²) in [4.78, 5) is 47.0. The summed E-state index contributed by atoms with van der Waals surface area (Å²) in [5.74, 6) is 2.02. The summed E-state index contributed by atoms with van der Waals surface area (Å²) in [7, 11) is 0. The molecule has 0 aliphatic rings. The molecular formula is C67H89F5N14. The van der Waals surface area contributed by atoms with Gasteiger partial charge in [0, 0.05) is 84.8 Å². The van der Waals surface area contributed by atoms with Crippen LogP contribution in [0.2, 0.25) is 0 Å². The molecule has 0 saturated heterocycles. The third-order valence-electron chi connectivity index (χ3n) is 11.2. The molecule has 0 radical (unpaired) electrons. The molecule has 0 fully saturated rings. The summed E-state index contributed by atoms with van der Waals surface area (Å²) in [6.45, 7) is 36.6. The summed E-state index contributed by atoms with van der Waals surface area (Å²) in [6, 6.07) is 20.7. The van der Waals surface area contributed by atoms with Gasteiger partial charge in [-0.3, -0.25) is 34.9 Å². The second kappa shape index (κ2) is 43.3. The highest BCUT2D eigenvalue weighted by Gasteiger charge is 2.09. The lowest BCUT2D eigenvalue weighted by atomic mass is 10.1. The fourth-order valence-corrected chi connectivity index (χ4v) is 6.22. The maximum Gasteiger partial charge on any atom is 0.231 e. The smallest absolute Gasteiger partial charge is 0.231 e. The molecular weight excluding hydrogens is 1100 g/mol. The quantitative estimate of drug-likeness (QED) is 0.125. The first-order valence-corrected chi connectivity index (χ1v) is 28.7. The molecule has 0 saturated carbocycles. The van der Waals surface area contributed by atoms with E-state index in [2.05, 4.69) is 139 Å². The lowest BCUT2D eigenvalue weighted by Crippen LogP contribution is -1.97. The maximum atomic E-state index is 12.8. The zero-order valence-corrected chi connectivity index (χ0v) is 53.4. The standard InChI is InChI=1S/C8H9F2N.2C8H10FN.C8H11N.C7H9FN2.4C7H10N2/c1-5(2)8-7(10)3-6(9)4-11-8;1-6(2)8-4-3-7(9)5-10-8;1-6(2)8-7(9)4-3-5-10-8;1-7(2)8-5-3-4-6-9-8;1-5(2)6-3-10-7(8)4-9-6;1-6(2)7-5-8-3-4-9-7;1-6(2)7-3-4-8-5-9-7;1-6(2)7-8-4-3-5-9-7;1-6(2)7-4-3-5-8-9-7/h3-5H,1-2H3;2*3-6H,1-2H3;3-7H,1-2H3;3-5H,1-2H3;4*3-6H,1-2H3. The van der Waals surface area contributed by atoms with Crippen LogP contribution in [0.1, 0.15) is 229 Å². The minimum atomic E-state index is -0.632. The molecule has 0 aliphatic heterocycles. The van der Waals surface area contributed by atoms with E-state index in [1.807, 2.05) is 104 Å². The second-order valence-corrected chi connectivity index (χ2v) is 21.7. The van der Waals surface area contributed by atoms with E-state index in [-0.39, 0.29) is 23.5 Å². The minimum absolute atomic E-state index is 0.00407. The van der Waals surface area contributed by atoms with Crippen molar-refractivity contribution in [2.45, 2.75) is 178 Å². The first-order chi connectivity index (χ1) is 40.7. The first kappa shape index (κ1) is 75.7. The number of nitrogens with zero attached hydrogens (tertiary/aromatic N) is 14. The first-order valence-electron chi connectivity index (χ1n) is 28.7. The predicted molar refractivity (Wildman–Crippen MR) is 334 cm³/mol. The van der Waals surface area contributed by atoms with E-state index >= 15 is 0 Å². The molecule has 0 spiro atoms. The summed E-state index contributed by atoms with van der Waals surface area (Å²) in [5, 5.41) is 7.68. The van der Waals surface area contributed by atoms with Gasteiger partial charge >= 0.3 is 0 Å². The summed E-state index contributed by atoms with van der Waals surface area (Å²) in [5.41, 5.74) is 6.98. The largest absolute Gasteiger partial charge is 0.261 e. The van der Waals surface area contributed by atoms with Gasteiger partial charge in [-0.2, -0.15) is 14.6 Å². The van der Waals surface area contributed by atoms with Crippen LogP contribution in [0.15, 0.2) is 160 Å². The Morgan fingerprint density at radius 1 is 0.291 bits per heavy atom. The Morgan fingerprint density at radius 2 is 0.802 bits per heavy atom. The number of hydrogen-bond donors (Lipinski definition) is 0. The molecule has 9 heterocycles. The molecule has 0 unspecified atom stereocenters. The van der Waals surface area contributed by atoms with Crippen molar-refractivity contribution in [1.82, 2.24) is 70.0 Å². The molecule has 86 heavy (non-hydrogen) atoms. The van der Waals surface area contributed by atoms with Crippen LogP contribution >= 0.6 is 0 Å². The third kappa shape index (κ3) is 33.8. The van der Waals surface area contributed by atoms with Gasteiger partial charge in [-0.1, -0.05) is 131 Å². The Bertz CT molecular complexity index is 2770. The number of hydrogen-bond acceptors (Lipinski definition) is 14.